The van der Waals surface area contributed by atoms with E-state index in [-0.39, 0.29) is 5.48 Å². The SMILES string of the molecule is C#CC(C)(O)c1ccccc1.O. The lowest BCUT2D eigenvalue weighted by atomic mass is 9.97. The minimum absolute atomic E-state index is 0. The molecule has 0 amide bonds. The normalized spacial score (nSPS) is 13.8. The van der Waals surface area contributed by atoms with Crippen LogP contribution in [0.5, 0.6) is 0 Å². The second kappa shape index (κ2) is 3.91. The van der Waals surface area contributed by atoms with E-state index in [4.69, 9.17) is 6.42 Å². The van der Waals surface area contributed by atoms with Crippen molar-refractivity contribution < 1.29 is 10.6 Å². The van der Waals surface area contributed by atoms with Crippen LogP contribution in [-0.2, 0) is 5.60 Å². The molecule has 1 atom stereocenters. The van der Waals surface area contributed by atoms with E-state index >= 15 is 0 Å². The van der Waals surface area contributed by atoms with Crippen molar-refractivity contribution in [2.45, 2.75) is 12.5 Å². The van der Waals surface area contributed by atoms with E-state index in [0.29, 0.717) is 0 Å². The fourth-order valence-corrected chi connectivity index (χ4v) is 0.846. The highest BCUT2D eigenvalue weighted by Gasteiger charge is 2.17. The molecular formula is C10H12O2. The second-order valence-corrected chi connectivity index (χ2v) is 2.58. The third kappa shape index (κ3) is 2.09. The molecule has 1 aromatic rings. The van der Waals surface area contributed by atoms with Gasteiger partial charge in [0.2, 0.25) is 0 Å². The van der Waals surface area contributed by atoms with Gasteiger partial charge in [-0.05, 0) is 12.5 Å². The molecule has 1 unspecified atom stereocenters. The van der Waals surface area contributed by atoms with Crippen LogP contribution in [0.25, 0.3) is 0 Å². The fourth-order valence-electron chi connectivity index (χ4n) is 0.846. The number of benzene rings is 1. The van der Waals surface area contributed by atoms with Gasteiger partial charge in [-0.15, -0.1) is 6.42 Å². The summed E-state index contributed by atoms with van der Waals surface area (Å²) in [5, 5.41) is 9.56. The maximum absolute atomic E-state index is 9.56. The van der Waals surface area contributed by atoms with Crippen LogP contribution in [0.4, 0.5) is 0 Å². The largest absolute Gasteiger partial charge is 0.412 e. The molecule has 0 aliphatic rings. The molecule has 3 N–H and O–H groups in total. The monoisotopic (exact) mass is 164 g/mol. The highest BCUT2D eigenvalue weighted by molar-refractivity contribution is 5.28. The molecule has 0 aliphatic carbocycles. The summed E-state index contributed by atoms with van der Waals surface area (Å²) in [5.74, 6) is 2.31. The van der Waals surface area contributed by atoms with Gasteiger partial charge < -0.3 is 10.6 Å². The first-order chi connectivity index (χ1) is 5.17. The summed E-state index contributed by atoms with van der Waals surface area (Å²) in [5.41, 5.74) is -0.385. The summed E-state index contributed by atoms with van der Waals surface area (Å²) in [6.07, 6.45) is 5.14. The molecular weight excluding hydrogens is 152 g/mol. The summed E-state index contributed by atoms with van der Waals surface area (Å²) >= 11 is 0. The zero-order valence-electron chi connectivity index (χ0n) is 6.91. The topological polar surface area (TPSA) is 51.7 Å². The third-order valence-electron chi connectivity index (χ3n) is 1.62. The van der Waals surface area contributed by atoms with E-state index in [1.807, 2.05) is 18.2 Å². The molecule has 0 saturated carbocycles. The summed E-state index contributed by atoms with van der Waals surface area (Å²) in [4.78, 5) is 0. The molecule has 2 nitrogen and oxygen atoms in total. The first-order valence-electron chi connectivity index (χ1n) is 3.42. The molecule has 1 rings (SSSR count). The van der Waals surface area contributed by atoms with Crippen molar-refractivity contribution >= 4 is 0 Å². The first kappa shape index (κ1) is 10.7. The van der Waals surface area contributed by atoms with Gasteiger partial charge >= 0.3 is 0 Å². The molecule has 0 aliphatic heterocycles. The van der Waals surface area contributed by atoms with Crippen LogP contribution in [-0.4, -0.2) is 10.6 Å². The molecule has 0 bridgehead atoms. The number of hydrogen-bond acceptors (Lipinski definition) is 1. The van der Waals surface area contributed by atoms with E-state index in [1.54, 1.807) is 19.1 Å². The Labute approximate surface area is 72.2 Å². The molecule has 0 heterocycles. The summed E-state index contributed by atoms with van der Waals surface area (Å²) in [6, 6.07) is 9.19. The average molecular weight is 164 g/mol. The average Bonchev–Trinajstić information content (AvgIpc) is 2.06. The van der Waals surface area contributed by atoms with E-state index in [2.05, 4.69) is 5.92 Å². The van der Waals surface area contributed by atoms with Gasteiger partial charge in [0.15, 0.2) is 0 Å². The molecule has 0 radical (unpaired) electrons. The second-order valence-electron chi connectivity index (χ2n) is 2.58. The minimum atomic E-state index is -1.14. The van der Waals surface area contributed by atoms with Gasteiger partial charge in [0.25, 0.3) is 0 Å². The maximum atomic E-state index is 9.56. The van der Waals surface area contributed by atoms with Crippen LogP contribution in [0.3, 0.4) is 0 Å². The fraction of sp³-hybridized carbons (Fsp3) is 0.200. The van der Waals surface area contributed by atoms with Gasteiger partial charge in [0.1, 0.15) is 5.60 Å². The predicted octanol–water partition coefficient (Wildman–Crippen LogP) is 0.703. The Hall–Kier alpha value is -1.30. The van der Waals surface area contributed by atoms with Crippen LogP contribution in [0.1, 0.15) is 12.5 Å². The van der Waals surface area contributed by atoms with Gasteiger partial charge in [-0.1, -0.05) is 36.3 Å². The Morgan fingerprint density at radius 1 is 1.33 bits per heavy atom. The smallest absolute Gasteiger partial charge is 0.147 e. The number of terminal acetylenes is 1. The lowest BCUT2D eigenvalue weighted by molar-refractivity contribution is 0.122. The Kier molecular flexibility index (Phi) is 3.49. The zero-order chi connectivity index (χ0) is 8.32. The van der Waals surface area contributed by atoms with E-state index < -0.39 is 5.60 Å². The van der Waals surface area contributed by atoms with Crippen molar-refractivity contribution in [2.24, 2.45) is 0 Å². The molecule has 1 aromatic carbocycles. The van der Waals surface area contributed by atoms with Crippen molar-refractivity contribution in [1.29, 1.82) is 0 Å². The lowest BCUT2D eigenvalue weighted by Crippen LogP contribution is -2.17. The van der Waals surface area contributed by atoms with Gasteiger partial charge in [0.05, 0.1) is 0 Å². The van der Waals surface area contributed by atoms with Crippen LogP contribution >= 0.6 is 0 Å². The summed E-state index contributed by atoms with van der Waals surface area (Å²) < 4.78 is 0. The Balaban J connectivity index is 0.00000121. The molecule has 2 heteroatoms. The number of aliphatic hydroxyl groups is 1. The van der Waals surface area contributed by atoms with Crippen LogP contribution in [0.15, 0.2) is 30.3 Å². The lowest BCUT2D eigenvalue weighted by Gasteiger charge is -2.15. The molecule has 0 spiro atoms. The highest BCUT2D eigenvalue weighted by Crippen LogP contribution is 2.17. The number of hydrogen-bond donors (Lipinski definition) is 1. The molecule has 64 valence electrons. The highest BCUT2D eigenvalue weighted by atomic mass is 16.3. The molecule has 12 heavy (non-hydrogen) atoms. The van der Waals surface area contributed by atoms with E-state index in [1.165, 1.54) is 0 Å². The standard InChI is InChI=1S/C10H10O.H2O/c1-3-10(2,11)9-7-5-4-6-8-9;/h1,4-8,11H,2H3;1H2. The third-order valence-corrected chi connectivity index (χ3v) is 1.62. The van der Waals surface area contributed by atoms with Crippen molar-refractivity contribution in [2.75, 3.05) is 0 Å². The van der Waals surface area contributed by atoms with Crippen LogP contribution in [0.2, 0.25) is 0 Å². The van der Waals surface area contributed by atoms with Gasteiger partial charge in [0, 0.05) is 0 Å². The Morgan fingerprint density at radius 2 is 1.83 bits per heavy atom. The van der Waals surface area contributed by atoms with Gasteiger partial charge in [-0.25, -0.2) is 0 Å². The molecule has 0 saturated heterocycles. The molecule has 0 aromatic heterocycles. The quantitative estimate of drug-likeness (QED) is 0.610. The maximum Gasteiger partial charge on any atom is 0.147 e. The predicted molar refractivity (Wildman–Crippen MR) is 48.5 cm³/mol. The zero-order valence-corrected chi connectivity index (χ0v) is 6.91. The van der Waals surface area contributed by atoms with Crippen molar-refractivity contribution in [3.8, 4) is 12.3 Å². The van der Waals surface area contributed by atoms with E-state index in [0.717, 1.165) is 5.56 Å². The van der Waals surface area contributed by atoms with Crippen LogP contribution < -0.4 is 0 Å². The van der Waals surface area contributed by atoms with Crippen molar-refractivity contribution in [3.05, 3.63) is 35.9 Å². The minimum Gasteiger partial charge on any atom is -0.412 e. The van der Waals surface area contributed by atoms with Gasteiger partial charge in [-0.2, -0.15) is 0 Å². The van der Waals surface area contributed by atoms with Crippen LogP contribution in [0, 0.1) is 12.3 Å². The van der Waals surface area contributed by atoms with Gasteiger partial charge in [-0.3, -0.25) is 0 Å². The van der Waals surface area contributed by atoms with Crippen molar-refractivity contribution in [3.63, 3.8) is 0 Å². The first-order valence-corrected chi connectivity index (χ1v) is 3.42. The Bertz CT molecular complexity index is 270. The summed E-state index contributed by atoms with van der Waals surface area (Å²) in [6.45, 7) is 1.60. The number of rotatable bonds is 1. The Morgan fingerprint density at radius 3 is 2.25 bits per heavy atom. The summed E-state index contributed by atoms with van der Waals surface area (Å²) in [7, 11) is 0. The van der Waals surface area contributed by atoms with Crippen molar-refractivity contribution in [1.82, 2.24) is 0 Å². The van der Waals surface area contributed by atoms with E-state index in [9.17, 15) is 5.11 Å². The molecule has 0 fully saturated rings.